The fraction of sp³-hybridized carbons (Fsp3) is 0. The van der Waals surface area contributed by atoms with Crippen molar-refractivity contribution >= 4 is 50.6 Å². The summed E-state index contributed by atoms with van der Waals surface area (Å²) < 4.78 is 1.44. The first-order chi connectivity index (χ1) is 9.56. The average Bonchev–Trinajstić information content (AvgIpc) is 2.42. The summed E-state index contributed by atoms with van der Waals surface area (Å²) in [4.78, 5) is 15.7. The van der Waals surface area contributed by atoms with E-state index in [0.29, 0.717) is 9.13 Å². The molecule has 2 aromatic rings. The van der Waals surface area contributed by atoms with Crippen LogP contribution in [0.2, 0.25) is 0 Å². The molecule has 1 aromatic carbocycles. The molecule has 5 nitrogen and oxygen atoms in total. The molecule has 0 aliphatic rings. The van der Waals surface area contributed by atoms with Crippen molar-refractivity contribution in [3.8, 4) is 5.75 Å². The Morgan fingerprint density at radius 3 is 2.90 bits per heavy atom. The number of carbonyl (C=O) groups excluding carboxylic acids is 1. The van der Waals surface area contributed by atoms with Crippen LogP contribution in [0.5, 0.6) is 5.75 Å². The quantitative estimate of drug-likeness (QED) is 0.433. The number of hydrogen-bond acceptors (Lipinski definition) is 4. The number of nitrogens with one attached hydrogen (secondary N) is 1. The van der Waals surface area contributed by atoms with E-state index in [0.717, 1.165) is 10.0 Å². The summed E-state index contributed by atoms with van der Waals surface area (Å²) in [6, 6.07) is 6.69. The van der Waals surface area contributed by atoms with E-state index in [1.54, 1.807) is 30.5 Å². The number of nitrogens with zero attached hydrogens (tertiary/aromatic N) is 2. The molecule has 0 aliphatic heterocycles. The highest BCUT2D eigenvalue weighted by Gasteiger charge is 2.04. The van der Waals surface area contributed by atoms with Gasteiger partial charge in [0.1, 0.15) is 5.75 Å². The first-order valence-electron chi connectivity index (χ1n) is 5.49. The van der Waals surface area contributed by atoms with Crippen LogP contribution in [0.1, 0.15) is 15.9 Å². The normalized spacial score (nSPS) is 10.7. The summed E-state index contributed by atoms with van der Waals surface area (Å²) in [5.41, 5.74) is 3.60. The number of halogens is 2. The van der Waals surface area contributed by atoms with Crippen molar-refractivity contribution in [2.75, 3.05) is 0 Å². The summed E-state index contributed by atoms with van der Waals surface area (Å²) in [5.74, 6) is -0.129. The number of phenolic OH excluding ortho intramolecular Hbond substituents is 1. The summed E-state index contributed by atoms with van der Waals surface area (Å²) in [6.45, 7) is 0. The second-order valence-corrected chi connectivity index (χ2v) is 5.88. The fourth-order valence-electron chi connectivity index (χ4n) is 1.37. The first-order valence-corrected chi connectivity index (χ1v) is 7.36. The third-order valence-corrected chi connectivity index (χ3v) is 3.62. The molecule has 0 saturated carbocycles. The molecule has 0 unspecified atom stereocenters. The van der Waals surface area contributed by atoms with Crippen LogP contribution in [0, 0.1) is 3.57 Å². The SMILES string of the molecule is O=C(N/N=C\c1ccc(O)c(I)c1)c1cncc(Br)c1. The molecule has 2 N–H and O–H groups in total. The third-order valence-electron chi connectivity index (χ3n) is 2.32. The van der Waals surface area contributed by atoms with E-state index in [-0.39, 0.29) is 11.7 Å². The lowest BCUT2D eigenvalue weighted by atomic mass is 10.2. The third kappa shape index (κ3) is 4.01. The van der Waals surface area contributed by atoms with Gasteiger partial charge in [0.05, 0.1) is 15.3 Å². The minimum absolute atomic E-state index is 0.215. The van der Waals surface area contributed by atoms with Gasteiger partial charge in [0.2, 0.25) is 0 Å². The van der Waals surface area contributed by atoms with Crippen molar-refractivity contribution in [1.82, 2.24) is 10.4 Å². The Bertz CT molecular complexity index is 676. The smallest absolute Gasteiger partial charge is 0.272 e. The number of hydrazone groups is 1. The van der Waals surface area contributed by atoms with Gasteiger partial charge in [-0.1, -0.05) is 0 Å². The largest absolute Gasteiger partial charge is 0.507 e. The Hall–Kier alpha value is -1.48. The number of aromatic nitrogens is 1. The summed E-state index contributed by atoms with van der Waals surface area (Å²) in [7, 11) is 0. The number of pyridine rings is 1. The molecule has 0 bridgehead atoms. The Morgan fingerprint density at radius 2 is 2.20 bits per heavy atom. The van der Waals surface area contributed by atoms with E-state index < -0.39 is 0 Å². The lowest BCUT2D eigenvalue weighted by molar-refractivity contribution is 0.0954. The van der Waals surface area contributed by atoms with E-state index in [1.807, 2.05) is 22.6 Å². The number of carbonyl (C=O) groups is 1. The van der Waals surface area contributed by atoms with Crippen LogP contribution in [0.4, 0.5) is 0 Å². The number of benzene rings is 1. The maximum atomic E-state index is 11.8. The van der Waals surface area contributed by atoms with Crippen molar-refractivity contribution < 1.29 is 9.90 Å². The molecule has 0 spiro atoms. The molecule has 0 fully saturated rings. The Balaban J connectivity index is 2.02. The highest BCUT2D eigenvalue weighted by Crippen LogP contribution is 2.19. The topological polar surface area (TPSA) is 74.6 Å². The predicted molar refractivity (Wildman–Crippen MR) is 87.8 cm³/mol. The number of aromatic hydroxyl groups is 1. The van der Waals surface area contributed by atoms with Gasteiger partial charge in [-0.25, -0.2) is 5.43 Å². The van der Waals surface area contributed by atoms with E-state index >= 15 is 0 Å². The van der Waals surface area contributed by atoms with Gasteiger partial charge in [-0.05, 0) is 68.3 Å². The molecule has 1 heterocycles. The highest BCUT2D eigenvalue weighted by atomic mass is 127. The summed E-state index contributed by atoms with van der Waals surface area (Å²) in [6.07, 6.45) is 4.56. The van der Waals surface area contributed by atoms with Gasteiger partial charge in [-0.2, -0.15) is 5.10 Å². The molecule has 0 saturated heterocycles. The van der Waals surface area contributed by atoms with E-state index in [1.165, 1.54) is 12.4 Å². The molecular formula is C13H9BrIN3O2. The number of phenols is 1. The van der Waals surface area contributed by atoms with Gasteiger partial charge < -0.3 is 5.11 Å². The Kier molecular flexibility index (Phi) is 5.07. The lowest BCUT2D eigenvalue weighted by Gasteiger charge is -2.00. The van der Waals surface area contributed by atoms with Gasteiger partial charge in [-0.3, -0.25) is 9.78 Å². The molecule has 7 heteroatoms. The zero-order chi connectivity index (χ0) is 14.5. The first kappa shape index (κ1) is 14.9. The fourth-order valence-corrected chi connectivity index (χ4v) is 2.27. The van der Waals surface area contributed by atoms with E-state index in [9.17, 15) is 9.90 Å². The Labute approximate surface area is 137 Å². The second kappa shape index (κ2) is 6.80. The average molecular weight is 446 g/mol. The molecule has 0 aliphatic carbocycles. The number of amides is 1. The second-order valence-electron chi connectivity index (χ2n) is 3.80. The predicted octanol–water partition coefficient (Wildman–Crippen LogP) is 2.92. The highest BCUT2D eigenvalue weighted by molar-refractivity contribution is 14.1. The summed E-state index contributed by atoms with van der Waals surface area (Å²) in [5, 5.41) is 13.3. The molecular weight excluding hydrogens is 437 g/mol. The van der Waals surface area contributed by atoms with Crippen molar-refractivity contribution in [2.24, 2.45) is 5.10 Å². The summed E-state index contributed by atoms with van der Waals surface area (Å²) >= 11 is 5.26. The molecule has 20 heavy (non-hydrogen) atoms. The molecule has 0 radical (unpaired) electrons. The van der Waals surface area contributed by atoms with Crippen LogP contribution < -0.4 is 5.43 Å². The van der Waals surface area contributed by atoms with Crippen LogP contribution in [-0.2, 0) is 0 Å². The van der Waals surface area contributed by atoms with Crippen LogP contribution in [0.25, 0.3) is 0 Å². The van der Waals surface area contributed by atoms with Crippen LogP contribution >= 0.6 is 38.5 Å². The molecule has 2 rings (SSSR count). The van der Waals surface area contributed by atoms with Crippen molar-refractivity contribution in [2.45, 2.75) is 0 Å². The standard InChI is InChI=1S/C13H9BrIN3O2/c14-10-4-9(6-16-7-10)13(20)18-17-5-8-1-2-12(19)11(15)3-8/h1-7,19H,(H,18,20)/b17-5-. The van der Waals surface area contributed by atoms with Crippen molar-refractivity contribution in [1.29, 1.82) is 0 Å². The van der Waals surface area contributed by atoms with Crippen molar-refractivity contribution in [3.05, 3.63) is 55.8 Å². The van der Waals surface area contributed by atoms with E-state index in [4.69, 9.17) is 0 Å². The van der Waals surface area contributed by atoms with Crippen LogP contribution in [-0.4, -0.2) is 22.2 Å². The van der Waals surface area contributed by atoms with Gasteiger partial charge in [0.25, 0.3) is 5.91 Å². The van der Waals surface area contributed by atoms with Gasteiger partial charge in [0, 0.05) is 16.9 Å². The van der Waals surface area contributed by atoms with Gasteiger partial charge in [-0.15, -0.1) is 0 Å². The van der Waals surface area contributed by atoms with E-state index in [2.05, 4.69) is 31.4 Å². The molecule has 1 amide bonds. The Morgan fingerprint density at radius 1 is 1.40 bits per heavy atom. The molecule has 102 valence electrons. The van der Waals surface area contributed by atoms with Crippen molar-refractivity contribution in [3.63, 3.8) is 0 Å². The molecule has 0 atom stereocenters. The minimum Gasteiger partial charge on any atom is -0.507 e. The number of rotatable bonds is 3. The maximum Gasteiger partial charge on any atom is 0.272 e. The van der Waals surface area contributed by atoms with Gasteiger partial charge in [0.15, 0.2) is 0 Å². The van der Waals surface area contributed by atoms with Crippen LogP contribution in [0.3, 0.4) is 0 Å². The zero-order valence-electron chi connectivity index (χ0n) is 10.0. The van der Waals surface area contributed by atoms with Gasteiger partial charge >= 0.3 is 0 Å². The number of hydrogen-bond donors (Lipinski definition) is 2. The minimum atomic E-state index is -0.344. The van der Waals surface area contributed by atoms with Crippen LogP contribution in [0.15, 0.2) is 46.2 Å². The maximum absolute atomic E-state index is 11.8. The monoisotopic (exact) mass is 445 g/mol. The lowest BCUT2D eigenvalue weighted by Crippen LogP contribution is -2.17. The zero-order valence-corrected chi connectivity index (χ0v) is 13.8. The molecule has 1 aromatic heterocycles.